The van der Waals surface area contributed by atoms with Gasteiger partial charge < -0.3 is 5.11 Å². The molecule has 0 radical (unpaired) electrons. The molecule has 1 N–H and O–H groups in total. The van der Waals surface area contributed by atoms with Gasteiger partial charge in [0.25, 0.3) is 5.91 Å². The second kappa shape index (κ2) is 6.93. The van der Waals surface area contributed by atoms with E-state index in [-0.39, 0.29) is 11.7 Å². The van der Waals surface area contributed by atoms with E-state index in [1.54, 1.807) is 36.2 Å². The number of rotatable bonds is 3. The summed E-state index contributed by atoms with van der Waals surface area (Å²) in [5.74, 6) is 0.0926. The Morgan fingerprint density at radius 2 is 2.00 bits per heavy atom. The summed E-state index contributed by atoms with van der Waals surface area (Å²) in [4.78, 5) is 19.3. The lowest BCUT2D eigenvalue weighted by molar-refractivity contribution is -0.121. The molecule has 0 spiro atoms. The number of para-hydroxylation sites is 1. The molecular formula is C19H18N2O2S. The number of aryl methyl sites for hydroxylation is 1. The highest BCUT2D eigenvalue weighted by atomic mass is 32.2. The number of aromatic hydroxyl groups is 1. The van der Waals surface area contributed by atoms with Gasteiger partial charge in [-0.3, -0.25) is 9.69 Å². The maximum atomic E-state index is 12.4. The minimum atomic E-state index is -0.0870. The van der Waals surface area contributed by atoms with E-state index >= 15 is 0 Å². The molecule has 1 fully saturated rings. The van der Waals surface area contributed by atoms with Crippen molar-refractivity contribution in [2.45, 2.75) is 13.3 Å². The van der Waals surface area contributed by atoms with Gasteiger partial charge in [-0.1, -0.05) is 37.3 Å². The smallest absolute Gasteiger partial charge is 0.266 e. The first-order valence-electron chi connectivity index (χ1n) is 7.71. The Bertz CT molecular complexity index is 843. The van der Waals surface area contributed by atoms with E-state index in [1.807, 2.05) is 30.3 Å². The van der Waals surface area contributed by atoms with Gasteiger partial charge in [0.2, 0.25) is 0 Å². The highest BCUT2D eigenvalue weighted by Crippen LogP contribution is 2.34. The Morgan fingerprint density at radius 3 is 2.75 bits per heavy atom. The average Bonchev–Trinajstić information content (AvgIpc) is 2.83. The van der Waals surface area contributed by atoms with Gasteiger partial charge in [-0.15, -0.1) is 0 Å². The first-order chi connectivity index (χ1) is 11.6. The summed E-state index contributed by atoms with van der Waals surface area (Å²) in [6.45, 7) is 2.09. The molecule has 1 heterocycles. The molecule has 3 rings (SSSR count). The number of aliphatic imine (C=N–C) groups is 1. The van der Waals surface area contributed by atoms with Crippen LogP contribution in [0.25, 0.3) is 6.08 Å². The lowest BCUT2D eigenvalue weighted by atomic mass is 10.1. The minimum Gasteiger partial charge on any atom is -0.508 e. The number of phenolic OH excluding ortho intramolecular Hbond substituents is 1. The largest absolute Gasteiger partial charge is 0.508 e. The summed E-state index contributed by atoms with van der Waals surface area (Å²) in [5.41, 5.74) is 2.83. The molecule has 2 aromatic carbocycles. The van der Waals surface area contributed by atoms with E-state index < -0.39 is 0 Å². The maximum Gasteiger partial charge on any atom is 0.266 e. The molecule has 24 heavy (non-hydrogen) atoms. The summed E-state index contributed by atoms with van der Waals surface area (Å²) < 4.78 is 0. The zero-order chi connectivity index (χ0) is 17.1. The Kier molecular flexibility index (Phi) is 4.71. The highest BCUT2D eigenvalue weighted by Gasteiger charge is 2.30. The molecule has 2 aromatic rings. The third-order valence-corrected chi connectivity index (χ3v) is 4.82. The van der Waals surface area contributed by atoms with Crippen molar-refractivity contribution in [1.29, 1.82) is 0 Å². The molecule has 0 aromatic heterocycles. The van der Waals surface area contributed by atoms with Gasteiger partial charge in [0.1, 0.15) is 5.75 Å². The molecule has 1 saturated heterocycles. The summed E-state index contributed by atoms with van der Waals surface area (Å²) in [6, 6.07) is 14.8. The molecule has 1 amide bonds. The van der Waals surface area contributed by atoms with Crippen LogP contribution in [0.15, 0.2) is 58.4 Å². The number of likely N-dealkylation sites (N-methyl/N-ethyl adjacent to an activating group) is 1. The van der Waals surface area contributed by atoms with Crippen LogP contribution in [0.1, 0.15) is 18.1 Å². The zero-order valence-corrected chi connectivity index (χ0v) is 14.4. The van der Waals surface area contributed by atoms with Crippen molar-refractivity contribution in [3.8, 4) is 5.75 Å². The topological polar surface area (TPSA) is 52.9 Å². The fourth-order valence-corrected chi connectivity index (χ4v) is 3.42. The maximum absolute atomic E-state index is 12.4. The normalized spacial score (nSPS) is 17.9. The van der Waals surface area contributed by atoms with Gasteiger partial charge in [-0.25, -0.2) is 4.99 Å². The van der Waals surface area contributed by atoms with Crippen molar-refractivity contribution in [2.75, 3.05) is 7.05 Å². The Hall–Kier alpha value is -2.53. The van der Waals surface area contributed by atoms with Crippen LogP contribution in [0, 0.1) is 0 Å². The molecule has 0 unspecified atom stereocenters. The molecule has 1 aliphatic heterocycles. The Labute approximate surface area is 145 Å². The number of carbonyl (C=O) groups is 1. The lowest BCUT2D eigenvalue weighted by Crippen LogP contribution is -2.23. The zero-order valence-electron chi connectivity index (χ0n) is 13.6. The quantitative estimate of drug-likeness (QED) is 0.854. The van der Waals surface area contributed by atoms with Gasteiger partial charge in [0.05, 0.1) is 10.6 Å². The summed E-state index contributed by atoms with van der Waals surface area (Å²) in [7, 11) is 1.73. The van der Waals surface area contributed by atoms with Crippen molar-refractivity contribution in [1.82, 2.24) is 4.90 Å². The average molecular weight is 338 g/mol. The van der Waals surface area contributed by atoms with Crippen LogP contribution in [0.3, 0.4) is 0 Å². The van der Waals surface area contributed by atoms with Crippen LogP contribution in [0.4, 0.5) is 5.69 Å². The second-order valence-electron chi connectivity index (χ2n) is 5.45. The monoisotopic (exact) mass is 338 g/mol. The van der Waals surface area contributed by atoms with Crippen molar-refractivity contribution in [2.24, 2.45) is 4.99 Å². The summed E-state index contributed by atoms with van der Waals surface area (Å²) >= 11 is 1.35. The standard InChI is InChI=1S/C19H18N2O2S/c1-3-14-8-4-5-10-16(14)20-19-21(2)18(23)17(24-19)12-13-7-6-9-15(22)11-13/h4-12,22H,3H2,1-2H3/b17-12+,20-19?. The van der Waals surface area contributed by atoms with E-state index in [9.17, 15) is 9.90 Å². The predicted octanol–water partition coefficient (Wildman–Crippen LogP) is 4.19. The molecular weight excluding hydrogens is 320 g/mol. The van der Waals surface area contributed by atoms with Crippen molar-refractivity contribution < 1.29 is 9.90 Å². The number of hydrogen-bond acceptors (Lipinski definition) is 4. The van der Waals surface area contributed by atoms with E-state index in [1.165, 1.54) is 11.8 Å². The first-order valence-corrected chi connectivity index (χ1v) is 8.53. The number of carbonyl (C=O) groups excluding carboxylic acids is 1. The van der Waals surface area contributed by atoms with E-state index in [0.717, 1.165) is 23.2 Å². The summed E-state index contributed by atoms with van der Waals surface area (Å²) in [5, 5.41) is 10.2. The first kappa shape index (κ1) is 16.3. The van der Waals surface area contributed by atoms with Crippen LogP contribution < -0.4 is 0 Å². The number of hydrogen-bond donors (Lipinski definition) is 1. The SMILES string of the molecule is CCc1ccccc1N=C1S/C(=C/c2cccc(O)c2)C(=O)N1C. The number of amides is 1. The van der Waals surface area contributed by atoms with Crippen molar-refractivity contribution in [3.63, 3.8) is 0 Å². The fraction of sp³-hybridized carbons (Fsp3) is 0.158. The van der Waals surface area contributed by atoms with E-state index in [4.69, 9.17) is 0 Å². The Balaban J connectivity index is 1.93. The van der Waals surface area contributed by atoms with E-state index in [0.29, 0.717) is 10.1 Å². The predicted molar refractivity (Wildman–Crippen MR) is 99.4 cm³/mol. The number of amidine groups is 1. The molecule has 0 aliphatic carbocycles. The van der Waals surface area contributed by atoms with Crippen molar-refractivity contribution >= 4 is 34.6 Å². The third-order valence-electron chi connectivity index (χ3n) is 3.76. The number of thioether (sulfide) groups is 1. The van der Waals surface area contributed by atoms with Gasteiger partial charge in [-0.05, 0) is 53.6 Å². The second-order valence-corrected chi connectivity index (χ2v) is 6.46. The molecule has 0 atom stereocenters. The lowest BCUT2D eigenvalue weighted by Gasteiger charge is -2.08. The van der Waals surface area contributed by atoms with Gasteiger partial charge in [0, 0.05) is 7.05 Å². The minimum absolute atomic E-state index is 0.0870. The number of phenols is 1. The third kappa shape index (κ3) is 3.36. The van der Waals surface area contributed by atoms with Crippen LogP contribution in [0.5, 0.6) is 5.75 Å². The molecule has 122 valence electrons. The molecule has 5 heteroatoms. The molecule has 4 nitrogen and oxygen atoms in total. The fourth-order valence-electron chi connectivity index (χ4n) is 2.44. The van der Waals surface area contributed by atoms with Gasteiger partial charge in [0.15, 0.2) is 5.17 Å². The molecule has 0 saturated carbocycles. The highest BCUT2D eigenvalue weighted by molar-refractivity contribution is 8.18. The Morgan fingerprint density at radius 1 is 1.21 bits per heavy atom. The molecule has 0 bridgehead atoms. The van der Waals surface area contributed by atoms with Crippen molar-refractivity contribution in [3.05, 3.63) is 64.6 Å². The summed E-state index contributed by atoms with van der Waals surface area (Å²) in [6.07, 6.45) is 2.67. The van der Waals surface area contributed by atoms with Gasteiger partial charge >= 0.3 is 0 Å². The van der Waals surface area contributed by atoms with E-state index in [2.05, 4.69) is 11.9 Å². The number of benzene rings is 2. The van der Waals surface area contributed by atoms with Crippen LogP contribution in [0.2, 0.25) is 0 Å². The number of nitrogens with zero attached hydrogens (tertiary/aromatic N) is 2. The van der Waals surface area contributed by atoms with Crippen LogP contribution in [-0.2, 0) is 11.2 Å². The van der Waals surface area contributed by atoms with Gasteiger partial charge in [-0.2, -0.15) is 0 Å². The van der Waals surface area contributed by atoms with Crippen LogP contribution in [-0.4, -0.2) is 28.1 Å². The van der Waals surface area contributed by atoms with Crippen LogP contribution >= 0.6 is 11.8 Å². The molecule has 1 aliphatic rings.